The molecule has 12 heavy (non-hydrogen) atoms. The molecule has 1 rings (SSSR count). The maximum atomic E-state index is 10.6. The second-order valence-corrected chi connectivity index (χ2v) is 3.45. The van der Waals surface area contributed by atoms with Gasteiger partial charge >= 0.3 is 5.97 Å². The summed E-state index contributed by atoms with van der Waals surface area (Å²) in [6.45, 7) is 4.50. The minimum absolute atomic E-state index is 0.148. The Morgan fingerprint density at radius 2 is 2.33 bits per heavy atom. The summed E-state index contributed by atoms with van der Waals surface area (Å²) >= 11 is 2.00. The summed E-state index contributed by atoms with van der Waals surface area (Å²) in [6.07, 6.45) is 0. The highest BCUT2D eigenvalue weighted by Crippen LogP contribution is 2.15. The van der Waals surface area contributed by atoms with Crippen molar-refractivity contribution in [3.63, 3.8) is 0 Å². The van der Waals surface area contributed by atoms with Gasteiger partial charge in [0.15, 0.2) is 5.69 Å². The molecule has 0 atom stereocenters. The Morgan fingerprint density at radius 1 is 1.75 bits per heavy atom. The number of aromatic carboxylic acids is 1. The molecule has 1 aromatic rings. The lowest BCUT2D eigenvalue weighted by molar-refractivity contribution is 0.0688. The van der Waals surface area contributed by atoms with Crippen molar-refractivity contribution in [2.24, 2.45) is 0 Å². The number of hydrogen-bond acceptors (Lipinski definition) is 2. The molecule has 1 heterocycles. The summed E-state index contributed by atoms with van der Waals surface area (Å²) in [5.74, 6) is -0.963. The maximum absolute atomic E-state index is 10.6. The number of carboxylic acid groups (broad SMARTS) is 1. The Bertz CT molecular complexity index is 319. The SMILES string of the molecule is CCn1nc(C(=O)O)c(I)c1C. The number of nitrogens with zero attached hydrogens (tertiary/aromatic N) is 2. The number of carboxylic acids is 1. The van der Waals surface area contributed by atoms with Crippen LogP contribution in [-0.2, 0) is 6.54 Å². The van der Waals surface area contributed by atoms with Gasteiger partial charge in [-0.3, -0.25) is 4.68 Å². The molecule has 0 radical (unpaired) electrons. The van der Waals surface area contributed by atoms with Gasteiger partial charge in [0.1, 0.15) is 0 Å². The molecular weight excluding hydrogens is 271 g/mol. The first-order valence-electron chi connectivity index (χ1n) is 3.54. The van der Waals surface area contributed by atoms with Gasteiger partial charge in [-0.05, 0) is 36.4 Å². The summed E-state index contributed by atoms with van der Waals surface area (Å²) in [6, 6.07) is 0. The van der Waals surface area contributed by atoms with Crippen LogP contribution in [0.4, 0.5) is 0 Å². The molecule has 0 amide bonds. The van der Waals surface area contributed by atoms with Crippen molar-refractivity contribution in [1.82, 2.24) is 9.78 Å². The summed E-state index contributed by atoms with van der Waals surface area (Å²) in [4.78, 5) is 10.6. The fourth-order valence-electron chi connectivity index (χ4n) is 0.969. The first-order chi connectivity index (χ1) is 5.57. The van der Waals surface area contributed by atoms with Gasteiger partial charge in [-0.2, -0.15) is 5.10 Å². The largest absolute Gasteiger partial charge is 0.476 e. The van der Waals surface area contributed by atoms with Gasteiger partial charge in [-0.25, -0.2) is 4.79 Å². The third-order valence-electron chi connectivity index (χ3n) is 1.64. The van der Waals surface area contributed by atoms with E-state index in [4.69, 9.17) is 5.11 Å². The number of aromatic nitrogens is 2. The minimum atomic E-state index is -0.963. The molecule has 0 saturated heterocycles. The Morgan fingerprint density at radius 3 is 2.58 bits per heavy atom. The maximum Gasteiger partial charge on any atom is 0.357 e. The monoisotopic (exact) mass is 280 g/mol. The fourth-order valence-corrected chi connectivity index (χ4v) is 1.59. The van der Waals surface area contributed by atoms with Crippen molar-refractivity contribution < 1.29 is 9.90 Å². The number of hydrogen-bond donors (Lipinski definition) is 1. The van der Waals surface area contributed by atoms with Gasteiger partial charge in [-0.15, -0.1) is 0 Å². The number of aryl methyl sites for hydroxylation is 1. The van der Waals surface area contributed by atoms with E-state index in [1.165, 1.54) is 0 Å². The lowest BCUT2D eigenvalue weighted by Gasteiger charge is -1.96. The van der Waals surface area contributed by atoms with Gasteiger partial charge in [0, 0.05) is 12.2 Å². The normalized spacial score (nSPS) is 10.2. The summed E-state index contributed by atoms with van der Waals surface area (Å²) < 4.78 is 2.41. The average Bonchev–Trinajstić information content (AvgIpc) is 2.30. The molecule has 66 valence electrons. The standard InChI is InChI=1S/C7H9IN2O2/c1-3-10-4(2)5(8)6(9-10)7(11)12/h3H2,1-2H3,(H,11,12). The zero-order chi connectivity index (χ0) is 9.30. The summed E-state index contributed by atoms with van der Waals surface area (Å²) in [7, 11) is 0. The number of carbonyl (C=O) groups is 1. The van der Waals surface area contributed by atoms with Gasteiger partial charge < -0.3 is 5.11 Å². The second-order valence-electron chi connectivity index (χ2n) is 2.37. The molecule has 0 spiro atoms. The zero-order valence-electron chi connectivity index (χ0n) is 6.83. The van der Waals surface area contributed by atoms with Crippen LogP contribution in [0.5, 0.6) is 0 Å². The van der Waals surface area contributed by atoms with Gasteiger partial charge in [-0.1, -0.05) is 0 Å². The molecular formula is C7H9IN2O2. The first-order valence-corrected chi connectivity index (χ1v) is 4.62. The van der Waals surface area contributed by atoms with E-state index < -0.39 is 5.97 Å². The quantitative estimate of drug-likeness (QED) is 0.835. The zero-order valence-corrected chi connectivity index (χ0v) is 8.99. The molecule has 0 aliphatic rings. The molecule has 0 aromatic carbocycles. The van der Waals surface area contributed by atoms with Crippen LogP contribution in [0.1, 0.15) is 23.1 Å². The molecule has 0 unspecified atom stereocenters. The van der Waals surface area contributed by atoms with Gasteiger partial charge in [0.25, 0.3) is 0 Å². The van der Waals surface area contributed by atoms with Crippen molar-refractivity contribution in [1.29, 1.82) is 0 Å². The summed E-state index contributed by atoms with van der Waals surface area (Å²) in [5, 5.41) is 12.7. The van der Waals surface area contributed by atoms with Crippen LogP contribution in [0.15, 0.2) is 0 Å². The predicted octanol–water partition coefficient (Wildman–Crippen LogP) is 1.51. The third-order valence-corrected chi connectivity index (χ3v) is 2.93. The third kappa shape index (κ3) is 1.45. The van der Waals surface area contributed by atoms with Crippen LogP contribution in [0.3, 0.4) is 0 Å². The predicted molar refractivity (Wildman–Crippen MR) is 52.3 cm³/mol. The highest BCUT2D eigenvalue weighted by atomic mass is 127. The number of rotatable bonds is 2. The highest BCUT2D eigenvalue weighted by Gasteiger charge is 2.16. The van der Waals surface area contributed by atoms with Crippen molar-refractivity contribution >= 4 is 28.6 Å². The van der Waals surface area contributed by atoms with Crippen molar-refractivity contribution in [3.05, 3.63) is 15.0 Å². The summed E-state index contributed by atoms with van der Waals surface area (Å²) in [5.41, 5.74) is 1.06. The van der Waals surface area contributed by atoms with Gasteiger partial charge in [0.05, 0.1) is 3.57 Å². The lowest BCUT2D eigenvalue weighted by Crippen LogP contribution is -2.02. The number of halogens is 1. The topological polar surface area (TPSA) is 55.1 Å². The van der Waals surface area contributed by atoms with Crippen LogP contribution in [0.2, 0.25) is 0 Å². The van der Waals surface area contributed by atoms with E-state index in [-0.39, 0.29) is 5.69 Å². The first kappa shape index (κ1) is 9.50. The minimum Gasteiger partial charge on any atom is -0.476 e. The molecule has 0 fully saturated rings. The van der Waals surface area contributed by atoms with Crippen LogP contribution in [0, 0.1) is 10.5 Å². The molecule has 0 bridgehead atoms. The van der Waals surface area contributed by atoms with Crippen LogP contribution in [0.25, 0.3) is 0 Å². The fraction of sp³-hybridized carbons (Fsp3) is 0.429. The Labute approximate surface area is 83.7 Å². The molecule has 0 aliphatic heterocycles. The van der Waals surface area contributed by atoms with E-state index in [2.05, 4.69) is 5.10 Å². The van der Waals surface area contributed by atoms with E-state index in [0.717, 1.165) is 9.26 Å². The lowest BCUT2D eigenvalue weighted by atomic mass is 10.4. The average molecular weight is 280 g/mol. The molecule has 1 N–H and O–H groups in total. The van der Waals surface area contributed by atoms with Crippen molar-refractivity contribution in [2.45, 2.75) is 20.4 Å². The van der Waals surface area contributed by atoms with E-state index in [0.29, 0.717) is 6.54 Å². The molecule has 0 aliphatic carbocycles. The Hall–Kier alpha value is -0.590. The smallest absolute Gasteiger partial charge is 0.357 e. The van der Waals surface area contributed by atoms with E-state index in [9.17, 15) is 4.79 Å². The van der Waals surface area contributed by atoms with E-state index in [1.807, 2.05) is 36.4 Å². The van der Waals surface area contributed by atoms with E-state index in [1.54, 1.807) is 4.68 Å². The molecule has 1 aromatic heterocycles. The van der Waals surface area contributed by atoms with Crippen LogP contribution >= 0.6 is 22.6 Å². The molecule has 4 nitrogen and oxygen atoms in total. The van der Waals surface area contributed by atoms with Crippen molar-refractivity contribution in [2.75, 3.05) is 0 Å². The second kappa shape index (κ2) is 3.42. The van der Waals surface area contributed by atoms with E-state index >= 15 is 0 Å². The van der Waals surface area contributed by atoms with Crippen LogP contribution in [-0.4, -0.2) is 20.9 Å². The molecule has 5 heteroatoms. The Kier molecular flexibility index (Phi) is 2.71. The highest BCUT2D eigenvalue weighted by molar-refractivity contribution is 14.1. The molecule has 0 saturated carbocycles. The van der Waals surface area contributed by atoms with Crippen LogP contribution < -0.4 is 0 Å². The Balaban J connectivity index is 3.25. The van der Waals surface area contributed by atoms with Crippen molar-refractivity contribution in [3.8, 4) is 0 Å². The van der Waals surface area contributed by atoms with Gasteiger partial charge in [0.2, 0.25) is 0 Å².